The zero-order chi connectivity index (χ0) is 17.9. The minimum absolute atomic E-state index is 0.152. The number of aromatic nitrogens is 5. The smallest absolute Gasteiger partial charge is 0.157 e. The molecule has 3 aromatic heterocycles. The van der Waals surface area contributed by atoms with Gasteiger partial charge >= 0.3 is 0 Å². The number of pyridine rings is 1. The normalized spacial score (nSPS) is 11.9. The van der Waals surface area contributed by atoms with E-state index in [1.807, 2.05) is 46.2 Å². The Morgan fingerprint density at radius 1 is 1.12 bits per heavy atom. The van der Waals surface area contributed by atoms with E-state index in [0.29, 0.717) is 12.6 Å². The third kappa shape index (κ3) is 4.07. The lowest BCUT2D eigenvalue weighted by Gasteiger charge is -2.25. The fourth-order valence-corrected chi connectivity index (χ4v) is 2.53. The standard InChI is InChI=1S/C19H25N5O/c1-15(2)23-14-17(12-21-23)25-10-8-19(3,4)24-13-16(11-22-24)18-7-5-6-9-20-18/h5-7,9,11-15H,8,10H2,1-4H3. The summed E-state index contributed by atoms with van der Waals surface area (Å²) >= 11 is 0. The zero-order valence-electron chi connectivity index (χ0n) is 15.3. The molecular weight excluding hydrogens is 314 g/mol. The molecule has 0 N–H and O–H groups in total. The fourth-order valence-electron chi connectivity index (χ4n) is 2.53. The minimum Gasteiger partial charge on any atom is -0.490 e. The number of rotatable bonds is 7. The maximum absolute atomic E-state index is 5.85. The van der Waals surface area contributed by atoms with Crippen LogP contribution in [0.15, 0.2) is 49.2 Å². The van der Waals surface area contributed by atoms with E-state index in [4.69, 9.17) is 4.74 Å². The summed E-state index contributed by atoms with van der Waals surface area (Å²) in [5.74, 6) is 0.805. The van der Waals surface area contributed by atoms with Gasteiger partial charge in [0, 0.05) is 30.4 Å². The summed E-state index contributed by atoms with van der Waals surface area (Å²) in [4.78, 5) is 4.38. The van der Waals surface area contributed by atoms with E-state index in [1.54, 1.807) is 12.4 Å². The van der Waals surface area contributed by atoms with Crippen molar-refractivity contribution in [3.8, 4) is 17.0 Å². The van der Waals surface area contributed by atoms with Gasteiger partial charge in [0.1, 0.15) is 0 Å². The molecule has 0 bridgehead atoms. The van der Waals surface area contributed by atoms with Gasteiger partial charge in [0.05, 0.1) is 36.4 Å². The third-order valence-electron chi connectivity index (χ3n) is 4.25. The van der Waals surface area contributed by atoms with E-state index in [9.17, 15) is 0 Å². The van der Waals surface area contributed by atoms with Gasteiger partial charge in [-0.1, -0.05) is 6.07 Å². The van der Waals surface area contributed by atoms with Crippen molar-refractivity contribution in [2.24, 2.45) is 0 Å². The molecule has 0 amide bonds. The Kier molecular flexibility index (Phi) is 4.88. The quantitative estimate of drug-likeness (QED) is 0.654. The van der Waals surface area contributed by atoms with Gasteiger partial charge in [0.15, 0.2) is 5.75 Å². The second-order valence-corrected chi connectivity index (χ2v) is 7.05. The SMILES string of the molecule is CC(C)n1cc(OCCC(C)(C)n2cc(-c3ccccn3)cn2)cn1. The molecular formula is C19H25N5O. The monoisotopic (exact) mass is 339 g/mol. The maximum Gasteiger partial charge on any atom is 0.157 e. The lowest BCUT2D eigenvalue weighted by Crippen LogP contribution is -2.29. The number of ether oxygens (including phenoxy) is 1. The highest BCUT2D eigenvalue weighted by Crippen LogP contribution is 2.23. The largest absolute Gasteiger partial charge is 0.490 e. The van der Waals surface area contributed by atoms with Gasteiger partial charge in [-0.05, 0) is 39.8 Å². The first-order valence-corrected chi connectivity index (χ1v) is 8.59. The number of hydrogen-bond acceptors (Lipinski definition) is 4. The van der Waals surface area contributed by atoms with E-state index in [-0.39, 0.29) is 5.54 Å². The molecule has 3 heterocycles. The second-order valence-electron chi connectivity index (χ2n) is 7.05. The summed E-state index contributed by atoms with van der Waals surface area (Å²) in [6.07, 6.45) is 10.2. The van der Waals surface area contributed by atoms with Gasteiger partial charge in [-0.25, -0.2) is 0 Å². The van der Waals surface area contributed by atoms with E-state index in [2.05, 4.69) is 42.9 Å². The Labute approximate surface area is 148 Å². The molecule has 0 saturated heterocycles. The molecule has 0 aliphatic carbocycles. The van der Waals surface area contributed by atoms with Crippen LogP contribution in [-0.4, -0.2) is 31.2 Å². The minimum atomic E-state index is -0.152. The van der Waals surface area contributed by atoms with E-state index >= 15 is 0 Å². The van der Waals surface area contributed by atoms with Gasteiger partial charge in [-0.15, -0.1) is 0 Å². The highest BCUT2D eigenvalue weighted by molar-refractivity contribution is 5.56. The molecule has 25 heavy (non-hydrogen) atoms. The zero-order valence-corrected chi connectivity index (χ0v) is 15.3. The number of hydrogen-bond donors (Lipinski definition) is 0. The summed E-state index contributed by atoms with van der Waals surface area (Å²) in [6, 6.07) is 6.22. The molecule has 3 rings (SSSR count). The highest BCUT2D eigenvalue weighted by Gasteiger charge is 2.22. The first-order chi connectivity index (χ1) is 12.0. The van der Waals surface area contributed by atoms with Crippen molar-refractivity contribution in [1.29, 1.82) is 0 Å². The Morgan fingerprint density at radius 3 is 2.64 bits per heavy atom. The van der Waals surface area contributed by atoms with Crippen LogP contribution in [0.2, 0.25) is 0 Å². The van der Waals surface area contributed by atoms with E-state index < -0.39 is 0 Å². The molecule has 0 radical (unpaired) electrons. The van der Waals surface area contributed by atoms with Crippen LogP contribution in [0.4, 0.5) is 0 Å². The summed E-state index contributed by atoms with van der Waals surface area (Å²) in [5.41, 5.74) is 1.80. The highest BCUT2D eigenvalue weighted by atomic mass is 16.5. The molecule has 0 aliphatic heterocycles. The molecule has 6 nitrogen and oxygen atoms in total. The third-order valence-corrected chi connectivity index (χ3v) is 4.25. The van der Waals surface area contributed by atoms with Crippen LogP contribution in [0.5, 0.6) is 5.75 Å². The van der Waals surface area contributed by atoms with Crippen molar-refractivity contribution >= 4 is 0 Å². The average molecular weight is 339 g/mol. The summed E-state index contributed by atoms with van der Waals surface area (Å²) < 4.78 is 9.73. The van der Waals surface area contributed by atoms with Crippen molar-refractivity contribution in [2.75, 3.05) is 6.61 Å². The van der Waals surface area contributed by atoms with Crippen LogP contribution in [-0.2, 0) is 5.54 Å². The molecule has 0 atom stereocenters. The Hall–Kier alpha value is -2.63. The van der Waals surface area contributed by atoms with Crippen molar-refractivity contribution in [2.45, 2.75) is 45.7 Å². The van der Waals surface area contributed by atoms with E-state index in [0.717, 1.165) is 23.4 Å². The maximum atomic E-state index is 5.85. The van der Waals surface area contributed by atoms with Crippen LogP contribution in [0.3, 0.4) is 0 Å². The Morgan fingerprint density at radius 2 is 1.96 bits per heavy atom. The molecule has 0 unspecified atom stereocenters. The molecule has 3 aromatic rings. The summed E-state index contributed by atoms with van der Waals surface area (Å²) in [5, 5.41) is 8.81. The van der Waals surface area contributed by atoms with Gasteiger partial charge in [-0.2, -0.15) is 10.2 Å². The molecule has 0 fully saturated rings. The van der Waals surface area contributed by atoms with Crippen LogP contribution in [0, 0.1) is 0 Å². The molecule has 6 heteroatoms. The van der Waals surface area contributed by atoms with Crippen molar-refractivity contribution in [3.05, 3.63) is 49.2 Å². The van der Waals surface area contributed by atoms with Gasteiger partial charge in [0.2, 0.25) is 0 Å². The van der Waals surface area contributed by atoms with Gasteiger partial charge in [-0.3, -0.25) is 14.3 Å². The summed E-state index contributed by atoms with van der Waals surface area (Å²) in [6.45, 7) is 9.11. The van der Waals surface area contributed by atoms with Crippen molar-refractivity contribution in [1.82, 2.24) is 24.5 Å². The topological polar surface area (TPSA) is 57.8 Å². The van der Waals surface area contributed by atoms with Crippen molar-refractivity contribution in [3.63, 3.8) is 0 Å². The molecule has 0 spiro atoms. The predicted octanol–water partition coefficient (Wildman–Crippen LogP) is 3.93. The van der Waals surface area contributed by atoms with Crippen LogP contribution < -0.4 is 4.74 Å². The Bertz CT molecular complexity index is 804. The van der Waals surface area contributed by atoms with Crippen LogP contribution in [0.25, 0.3) is 11.3 Å². The number of nitrogens with zero attached hydrogens (tertiary/aromatic N) is 5. The van der Waals surface area contributed by atoms with E-state index in [1.165, 1.54) is 0 Å². The van der Waals surface area contributed by atoms with Crippen molar-refractivity contribution < 1.29 is 4.74 Å². The average Bonchev–Trinajstić information content (AvgIpc) is 3.25. The van der Waals surface area contributed by atoms with Crippen LogP contribution >= 0.6 is 0 Å². The predicted molar refractivity (Wildman–Crippen MR) is 97.5 cm³/mol. The second kappa shape index (κ2) is 7.09. The lowest BCUT2D eigenvalue weighted by atomic mass is 10.0. The Balaban J connectivity index is 1.60. The lowest BCUT2D eigenvalue weighted by molar-refractivity contribution is 0.215. The van der Waals surface area contributed by atoms with Gasteiger partial charge < -0.3 is 4.74 Å². The molecule has 0 saturated carbocycles. The molecule has 0 aliphatic rings. The first-order valence-electron chi connectivity index (χ1n) is 8.59. The first kappa shape index (κ1) is 17.2. The van der Waals surface area contributed by atoms with Crippen LogP contribution in [0.1, 0.15) is 40.2 Å². The fraction of sp³-hybridized carbons (Fsp3) is 0.421. The molecule has 132 valence electrons. The summed E-state index contributed by atoms with van der Waals surface area (Å²) in [7, 11) is 0. The molecule has 0 aromatic carbocycles. The van der Waals surface area contributed by atoms with Gasteiger partial charge in [0.25, 0.3) is 0 Å².